The van der Waals surface area contributed by atoms with Crippen LogP contribution in [0.3, 0.4) is 0 Å². The first-order valence-corrected chi connectivity index (χ1v) is 7.54. The minimum atomic E-state index is -0.630. The highest BCUT2D eigenvalue weighted by atomic mass is 35.5. The molecule has 3 rings (SSSR count). The van der Waals surface area contributed by atoms with Gasteiger partial charge in [0.15, 0.2) is 5.11 Å². The van der Waals surface area contributed by atoms with Crippen LogP contribution >= 0.6 is 23.8 Å². The number of nitro benzene ring substituents is 1. The third-order valence-corrected chi connectivity index (χ3v) is 3.67. The monoisotopic (exact) mass is 377 g/mol. The number of hydrogen-bond acceptors (Lipinski definition) is 6. The molecule has 0 unspecified atom stereocenters. The van der Waals surface area contributed by atoms with Gasteiger partial charge in [-0.2, -0.15) is 0 Å². The standard InChI is InChI=1S/C15H8ClN3O5S/c16-9-3-8(4-10(5-9)19(22)23)12-2-7(6-24-12)1-11-13(20)17-15(25)18-14(11)21/h1-6H,(H2,17,18,20,21,25). The van der Waals surface area contributed by atoms with Gasteiger partial charge in [-0.05, 0) is 30.4 Å². The molecule has 0 bridgehead atoms. The summed E-state index contributed by atoms with van der Waals surface area (Å²) in [6.07, 6.45) is 2.63. The van der Waals surface area contributed by atoms with Crippen molar-refractivity contribution in [2.45, 2.75) is 0 Å². The number of carbonyl (C=O) groups is 2. The number of nitrogens with zero attached hydrogens (tertiary/aromatic N) is 1. The van der Waals surface area contributed by atoms with Crippen molar-refractivity contribution in [1.29, 1.82) is 0 Å². The molecular weight excluding hydrogens is 370 g/mol. The van der Waals surface area contributed by atoms with E-state index in [9.17, 15) is 19.7 Å². The molecule has 0 saturated carbocycles. The fourth-order valence-electron chi connectivity index (χ4n) is 2.17. The molecule has 126 valence electrons. The smallest absolute Gasteiger partial charge is 0.271 e. The van der Waals surface area contributed by atoms with Crippen LogP contribution in [0.15, 0.2) is 40.5 Å². The van der Waals surface area contributed by atoms with E-state index in [0.29, 0.717) is 16.9 Å². The van der Waals surface area contributed by atoms with E-state index >= 15 is 0 Å². The molecule has 1 fully saturated rings. The van der Waals surface area contributed by atoms with Crippen molar-refractivity contribution in [3.8, 4) is 11.3 Å². The highest BCUT2D eigenvalue weighted by Crippen LogP contribution is 2.30. The zero-order valence-electron chi connectivity index (χ0n) is 12.2. The largest absolute Gasteiger partial charge is 0.464 e. The van der Waals surface area contributed by atoms with E-state index in [0.717, 1.165) is 0 Å². The zero-order chi connectivity index (χ0) is 18.1. The SMILES string of the molecule is O=C1NC(=S)NC(=O)C1=Cc1coc(-c2cc(Cl)cc([N+](=O)[O-])c2)c1. The van der Waals surface area contributed by atoms with Gasteiger partial charge in [-0.1, -0.05) is 11.6 Å². The molecule has 10 heteroatoms. The lowest BCUT2D eigenvalue weighted by atomic mass is 10.1. The Morgan fingerprint density at radius 3 is 2.48 bits per heavy atom. The lowest BCUT2D eigenvalue weighted by Crippen LogP contribution is -2.51. The van der Waals surface area contributed by atoms with Gasteiger partial charge in [0.2, 0.25) is 0 Å². The molecule has 2 aromatic rings. The first-order chi connectivity index (χ1) is 11.8. The molecule has 0 aliphatic carbocycles. The third kappa shape index (κ3) is 3.57. The Morgan fingerprint density at radius 1 is 1.16 bits per heavy atom. The maximum atomic E-state index is 11.8. The van der Waals surface area contributed by atoms with Crippen LogP contribution in [0.1, 0.15) is 5.56 Å². The lowest BCUT2D eigenvalue weighted by molar-refractivity contribution is -0.384. The average Bonchev–Trinajstić information content (AvgIpc) is 2.99. The van der Waals surface area contributed by atoms with Crippen LogP contribution in [0.4, 0.5) is 5.69 Å². The van der Waals surface area contributed by atoms with Crippen LogP contribution in [0.5, 0.6) is 0 Å². The summed E-state index contributed by atoms with van der Waals surface area (Å²) in [7, 11) is 0. The minimum Gasteiger partial charge on any atom is -0.464 e. The second-order valence-electron chi connectivity index (χ2n) is 4.99. The molecule has 8 nitrogen and oxygen atoms in total. The number of rotatable bonds is 3. The topological polar surface area (TPSA) is 114 Å². The highest BCUT2D eigenvalue weighted by molar-refractivity contribution is 7.80. The van der Waals surface area contributed by atoms with Crippen LogP contribution in [0.2, 0.25) is 5.02 Å². The normalized spacial score (nSPS) is 14.1. The van der Waals surface area contributed by atoms with Crippen molar-refractivity contribution in [2.24, 2.45) is 0 Å². The average molecular weight is 378 g/mol. The summed E-state index contributed by atoms with van der Waals surface area (Å²) >= 11 is 10.6. The summed E-state index contributed by atoms with van der Waals surface area (Å²) in [6.45, 7) is 0. The molecule has 0 atom stereocenters. The second-order valence-corrected chi connectivity index (χ2v) is 5.84. The fraction of sp³-hybridized carbons (Fsp3) is 0. The Bertz CT molecular complexity index is 944. The highest BCUT2D eigenvalue weighted by Gasteiger charge is 2.26. The van der Waals surface area contributed by atoms with Crippen molar-refractivity contribution in [2.75, 3.05) is 0 Å². The number of nitro groups is 1. The van der Waals surface area contributed by atoms with Crippen molar-refractivity contribution in [1.82, 2.24) is 10.6 Å². The Morgan fingerprint density at radius 2 is 1.84 bits per heavy atom. The predicted octanol–water partition coefficient (Wildman–Crippen LogP) is 2.42. The lowest BCUT2D eigenvalue weighted by Gasteiger charge is -2.15. The van der Waals surface area contributed by atoms with E-state index in [2.05, 4.69) is 10.6 Å². The van der Waals surface area contributed by atoms with E-state index in [4.69, 9.17) is 28.2 Å². The van der Waals surface area contributed by atoms with Gasteiger partial charge in [0, 0.05) is 28.3 Å². The molecule has 1 saturated heterocycles. The number of benzene rings is 1. The van der Waals surface area contributed by atoms with Crippen LogP contribution in [-0.4, -0.2) is 21.9 Å². The maximum Gasteiger partial charge on any atom is 0.271 e. The van der Waals surface area contributed by atoms with Gasteiger partial charge in [-0.15, -0.1) is 0 Å². The molecule has 1 aliphatic heterocycles. The molecule has 0 radical (unpaired) electrons. The van der Waals surface area contributed by atoms with Crippen LogP contribution < -0.4 is 10.6 Å². The van der Waals surface area contributed by atoms with E-state index in [1.54, 1.807) is 0 Å². The summed E-state index contributed by atoms with van der Waals surface area (Å²) in [5, 5.41) is 15.7. The number of non-ortho nitro benzene ring substituents is 1. The summed E-state index contributed by atoms with van der Waals surface area (Å²) in [5.74, 6) is -0.964. The van der Waals surface area contributed by atoms with Gasteiger partial charge >= 0.3 is 0 Å². The number of nitrogens with one attached hydrogen (secondary N) is 2. The van der Waals surface area contributed by atoms with Crippen molar-refractivity contribution in [3.05, 3.63) is 56.8 Å². The molecular formula is C15H8ClN3O5S. The predicted molar refractivity (Wildman–Crippen MR) is 92.7 cm³/mol. The second kappa shape index (κ2) is 6.46. The van der Waals surface area contributed by atoms with Gasteiger partial charge in [-0.25, -0.2) is 0 Å². The number of furan rings is 1. The number of thiocarbonyl (C=S) groups is 1. The molecule has 2 N–H and O–H groups in total. The van der Waals surface area contributed by atoms with Crippen LogP contribution in [-0.2, 0) is 9.59 Å². The van der Waals surface area contributed by atoms with Crippen molar-refractivity contribution < 1.29 is 18.9 Å². The van der Waals surface area contributed by atoms with E-state index in [1.165, 1.54) is 36.6 Å². The molecule has 1 aromatic carbocycles. The Hall–Kier alpha value is -3.04. The minimum absolute atomic E-state index is 0.0636. The quantitative estimate of drug-likeness (QED) is 0.279. The molecule has 2 heterocycles. The van der Waals surface area contributed by atoms with Gasteiger partial charge in [0.1, 0.15) is 11.3 Å². The molecule has 0 spiro atoms. The summed E-state index contributed by atoms with van der Waals surface area (Å²) < 4.78 is 5.36. The first-order valence-electron chi connectivity index (χ1n) is 6.76. The number of hydrogen-bond donors (Lipinski definition) is 2. The molecule has 25 heavy (non-hydrogen) atoms. The van der Waals surface area contributed by atoms with Crippen LogP contribution in [0.25, 0.3) is 17.4 Å². The summed E-state index contributed by atoms with van der Waals surface area (Å²) in [4.78, 5) is 34.0. The van der Waals surface area contributed by atoms with E-state index in [1.807, 2.05) is 0 Å². The van der Waals surface area contributed by atoms with E-state index in [-0.39, 0.29) is 21.4 Å². The third-order valence-electron chi connectivity index (χ3n) is 3.25. The van der Waals surface area contributed by atoms with E-state index < -0.39 is 16.7 Å². The first kappa shape index (κ1) is 16.8. The molecule has 1 aromatic heterocycles. The number of halogens is 1. The van der Waals surface area contributed by atoms with Gasteiger partial charge in [0.05, 0.1) is 11.2 Å². The fourth-order valence-corrected chi connectivity index (χ4v) is 2.59. The maximum absolute atomic E-state index is 11.8. The number of carbonyl (C=O) groups excluding carboxylic acids is 2. The Balaban J connectivity index is 1.95. The van der Waals surface area contributed by atoms with Crippen molar-refractivity contribution in [3.63, 3.8) is 0 Å². The Kier molecular flexibility index (Phi) is 4.34. The van der Waals surface area contributed by atoms with Crippen LogP contribution in [0, 0.1) is 10.1 Å². The molecule has 1 aliphatic rings. The van der Waals surface area contributed by atoms with Gasteiger partial charge in [-0.3, -0.25) is 30.3 Å². The van der Waals surface area contributed by atoms with Gasteiger partial charge < -0.3 is 4.42 Å². The number of amides is 2. The summed E-state index contributed by atoms with van der Waals surface area (Å²) in [5.41, 5.74) is 0.490. The zero-order valence-corrected chi connectivity index (χ0v) is 13.8. The summed E-state index contributed by atoms with van der Waals surface area (Å²) in [6, 6.07) is 5.55. The molecule has 2 amide bonds. The Labute approximate surface area is 150 Å². The van der Waals surface area contributed by atoms with Crippen molar-refractivity contribution >= 4 is 52.5 Å². The van der Waals surface area contributed by atoms with Gasteiger partial charge in [0.25, 0.3) is 17.5 Å².